The van der Waals surface area contributed by atoms with Gasteiger partial charge < -0.3 is 19.9 Å². The van der Waals surface area contributed by atoms with Gasteiger partial charge >= 0.3 is 6.03 Å². The molecule has 0 saturated carbocycles. The minimum absolute atomic E-state index is 0.0774. The van der Waals surface area contributed by atoms with E-state index in [1.54, 1.807) is 41.3 Å². The first-order chi connectivity index (χ1) is 12.1. The number of nitrogens with zero attached hydrogens (tertiary/aromatic N) is 2. The number of urea groups is 1. The highest BCUT2D eigenvalue weighted by atomic mass is 35.5. The van der Waals surface area contributed by atoms with Crippen LogP contribution in [0.15, 0.2) is 48.5 Å². The minimum atomic E-state index is -0.239. The Morgan fingerprint density at radius 2 is 1.76 bits per heavy atom. The number of halogens is 2. The molecule has 0 bridgehead atoms. The van der Waals surface area contributed by atoms with Crippen LogP contribution in [-0.4, -0.2) is 43.8 Å². The third kappa shape index (κ3) is 4.54. The van der Waals surface area contributed by atoms with E-state index in [0.717, 1.165) is 0 Å². The van der Waals surface area contributed by atoms with Crippen molar-refractivity contribution in [2.75, 3.05) is 37.8 Å². The van der Waals surface area contributed by atoms with Crippen LogP contribution >= 0.6 is 11.6 Å². The Morgan fingerprint density at radius 3 is 2.44 bits per heavy atom. The van der Waals surface area contributed by atoms with Crippen LogP contribution in [0.3, 0.4) is 0 Å². The number of benzene rings is 2. The van der Waals surface area contributed by atoms with Gasteiger partial charge in [0.2, 0.25) is 0 Å². The summed E-state index contributed by atoms with van der Waals surface area (Å²) in [5, 5.41) is 3.35. The molecule has 5 nitrogen and oxygen atoms in total. The lowest BCUT2D eigenvalue weighted by atomic mass is 10.2. The normalized spacial score (nSPS) is 14.3. The highest BCUT2D eigenvalue weighted by Crippen LogP contribution is 2.20. The zero-order valence-corrected chi connectivity index (χ0v) is 14.4. The van der Waals surface area contributed by atoms with Crippen LogP contribution in [0.4, 0.5) is 14.9 Å². The third-order valence-corrected chi connectivity index (χ3v) is 4.29. The Hall–Kier alpha value is -2.47. The first kappa shape index (κ1) is 17.4. The van der Waals surface area contributed by atoms with E-state index >= 15 is 0 Å². The van der Waals surface area contributed by atoms with Crippen LogP contribution in [0, 0.1) is 5.82 Å². The summed E-state index contributed by atoms with van der Waals surface area (Å²) in [5.41, 5.74) is 0.577. The zero-order chi connectivity index (χ0) is 17.6. The van der Waals surface area contributed by atoms with Gasteiger partial charge in [0.25, 0.3) is 0 Å². The van der Waals surface area contributed by atoms with Crippen molar-refractivity contribution >= 4 is 23.3 Å². The number of carbonyl (C=O) groups excluding carboxylic acids is 1. The standard InChI is InChI=1S/C18H19ClFN3O2/c19-14-5-7-15(8-6-14)25-13-21-18(24)23-11-9-22(10-12-23)17-4-2-1-3-16(17)20/h1-8H,9-13H2,(H,21,24). The number of amides is 2. The summed E-state index contributed by atoms with van der Waals surface area (Å²) in [7, 11) is 0. The molecule has 1 fully saturated rings. The molecule has 1 saturated heterocycles. The second-order valence-corrected chi connectivity index (χ2v) is 6.09. The Labute approximate surface area is 150 Å². The average molecular weight is 364 g/mol. The van der Waals surface area contributed by atoms with Crippen LogP contribution in [0.25, 0.3) is 0 Å². The molecule has 2 amide bonds. The maximum Gasteiger partial charge on any atom is 0.320 e. The summed E-state index contributed by atoms with van der Waals surface area (Å²) in [6.45, 7) is 2.31. The van der Waals surface area contributed by atoms with Gasteiger partial charge in [-0.25, -0.2) is 9.18 Å². The molecule has 1 aliphatic heterocycles. The number of ether oxygens (including phenoxy) is 1. The van der Waals surface area contributed by atoms with Gasteiger partial charge in [-0.15, -0.1) is 0 Å². The highest BCUT2D eigenvalue weighted by Gasteiger charge is 2.22. The molecule has 2 aromatic rings. The van der Waals surface area contributed by atoms with Crippen molar-refractivity contribution in [1.29, 1.82) is 0 Å². The number of rotatable bonds is 4. The van der Waals surface area contributed by atoms with Crippen LogP contribution < -0.4 is 15.0 Å². The quantitative estimate of drug-likeness (QED) is 0.847. The fraction of sp³-hybridized carbons (Fsp3) is 0.278. The summed E-state index contributed by atoms with van der Waals surface area (Å²) in [6, 6.07) is 13.4. The van der Waals surface area contributed by atoms with E-state index in [1.165, 1.54) is 6.07 Å². The molecule has 2 aromatic carbocycles. The lowest BCUT2D eigenvalue weighted by Gasteiger charge is -2.36. The molecule has 0 unspecified atom stereocenters. The van der Waals surface area contributed by atoms with E-state index in [1.807, 2.05) is 11.0 Å². The summed E-state index contributed by atoms with van der Waals surface area (Å²) < 4.78 is 19.3. The molecule has 0 atom stereocenters. The van der Waals surface area contributed by atoms with Gasteiger partial charge in [-0.05, 0) is 36.4 Å². The number of hydrogen-bond acceptors (Lipinski definition) is 3. The van der Waals surface area contributed by atoms with Gasteiger partial charge in [0.05, 0.1) is 5.69 Å². The van der Waals surface area contributed by atoms with Gasteiger partial charge in [-0.2, -0.15) is 0 Å². The highest BCUT2D eigenvalue weighted by molar-refractivity contribution is 6.30. The van der Waals surface area contributed by atoms with Crippen molar-refractivity contribution in [2.24, 2.45) is 0 Å². The molecular weight excluding hydrogens is 345 g/mol. The fourth-order valence-electron chi connectivity index (χ4n) is 2.68. The summed E-state index contributed by atoms with van der Waals surface area (Å²) in [6.07, 6.45) is 0. The molecule has 0 aromatic heterocycles. The number of carbonyl (C=O) groups is 1. The smallest absolute Gasteiger partial charge is 0.320 e. The summed E-state index contributed by atoms with van der Waals surface area (Å²) >= 11 is 5.80. The molecule has 1 aliphatic rings. The van der Waals surface area contributed by atoms with Crippen LogP contribution in [-0.2, 0) is 0 Å². The number of anilines is 1. The van der Waals surface area contributed by atoms with E-state index in [4.69, 9.17) is 16.3 Å². The van der Waals surface area contributed by atoms with E-state index in [-0.39, 0.29) is 18.6 Å². The molecule has 3 rings (SSSR count). The first-order valence-electron chi connectivity index (χ1n) is 8.04. The number of para-hydroxylation sites is 1. The van der Waals surface area contributed by atoms with Crippen molar-refractivity contribution in [3.05, 3.63) is 59.4 Å². The Morgan fingerprint density at radius 1 is 1.08 bits per heavy atom. The third-order valence-electron chi connectivity index (χ3n) is 4.04. The van der Waals surface area contributed by atoms with Gasteiger partial charge in [0.15, 0.2) is 6.73 Å². The first-order valence-corrected chi connectivity index (χ1v) is 8.42. The monoisotopic (exact) mass is 363 g/mol. The molecule has 0 aliphatic carbocycles. The number of nitrogens with one attached hydrogen (secondary N) is 1. The van der Waals surface area contributed by atoms with Crippen LogP contribution in [0.5, 0.6) is 5.75 Å². The minimum Gasteiger partial charge on any atom is -0.473 e. The second kappa shape index (κ2) is 8.07. The molecular formula is C18H19ClFN3O2. The lowest BCUT2D eigenvalue weighted by molar-refractivity contribution is 0.181. The Balaban J connectivity index is 1.44. The zero-order valence-electron chi connectivity index (χ0n) is 13.6. The van der Waals surface area contributed by atoms with Crippen molar-refractivity contribution in [1.82, 2.24) is 10.2 Å². The topological polar surface area (TPSA) is 44.8 Å². The predicted octanol–water partition coefficient (Wildman–Crippen LogP) is 3.35. The molecule has 132 valence electrons. The Kier molecular flexibility index (Phi) is 5.60. The van der Waals surface area contributed by atoms with E-state index in [9.17, 15) is 9.18 Å². The van der Waals surface area contributed by atoms with E-state index in [2.05, 4.69) is 5.32 Å². The van der Waals surface area contributed by atoms with Gasteiger partial charge in [0.1, 0.15) is 11.6 Å². The average Bonchev–Trinajstić information content (AvgIpc) is 2.64. The summed E-state index contributed by atoms with van der Waals surface area (Å²) in [5.74, 6) is 0.394. The van der Waals surface area contributed by atoms with E-state index < -0.39 is 0 Å². The van der Waals surface area contributed by atoms with Crippen LogP contribution in [0.1, 0.15) is 0 Å². The van der Waals surface area contributed by atoms with Crippen molar-refractivity contribution in [2.45, 2.75) is 0 Å². The van der Waals surface area contributed by atoms with Gasteiger partial charge in [-0.1, -0.05) is 23.7 Å². The van der Waals surface area contributed by atoms with Gasteiger partial charge in [0, 0.05) is 31.2 Å². The van der Waals surface area contributed by atoms with Crippen molar-refractivity contribution < 1.29 is 13.9 Å². The Bertz CT molecular complexity index is 719. The maximum atomic E-state index is 13.8. The molecule has 0 spiro atoms. The van der Waals surface area contributed by atoms with Crippen molar-refractivity contribution in [3.8, 4) is 5.75 Å². The fourth-order valence-corrected chi connectivity index (χ4v) is 2.81. The van der Waals surface area contributed by atoms with Crippen LogP contribution in [0.2, 0.25) is 5.02 Å². The number of hydrogen-bond donors (Lipinski definition) is 1. The summed E-state index contributed by atoms with van der Waals surface area (Å²) in [4.78, 5) is 15.8. The van der Waals surface area contributed by atoms with Gasteiger partial charge in [-0.3, -0.25) is 0 Å². The molecule has 1 heterocycles. The molecule has 1 N–H and O–H groups in total. The maximum absolute atomic E-state index is 13.8. The van der Waals surface area contributed by atoms with E-state index in [0.29, 0.717) is 42.6 Å². The lowest BCUT2D eigenvalue weighted by Crippen LogP contribution is -2.52. The predicted molar refractivity (Wildman–Crippen MR) is 95.7 cm³/mol. The number of piperazine rings is 1. The second-order valence-electron chi connectivity index (χ2n) is 5.65. The molecule has 7 heteroatoms. The molecule has 0 radical (unpaired) electrons. The largest absolute Gasteiger partial charge is 0.473 e. The SMILES string of the molecule is O=C(NCOc1ccc(Cl)cc1)N1CCN(c2ccccc2F)CC1. The van der Waals surface area contributed by atoms with Crippen molar-refractivity contribution in [3.63, 3.8) is 0 Å². The molecule has 25 heavy (non-hydrogen) atoms.